The van der Waals surface area contributed by atoms with Gasteiger partial charge in [-0.2, -0.15) is 0 Å². The molecule has 0 aromatic heterocycles. The first-order valence-corrected chi connectivity index (χ1v) is 8.12. The third kappa shape index (κ3) is 3.23. The summed E-state index contributed by atoms with van der Waals surface area (Å²) in [5, 5.41) is 6.19. The second-order valence-electron chi connectivity index (χ2n) is 6.10. The van der Waals surface area contributed by atoms with Crippen molar-refractivity contribution in [2.24, 2.45) is 0 Å². The van der Waals surface area contributed by atoms with Crippen molar-refractivity contribution in [1.29, 1.82) is 0 Å². The van der Waals surface area contributed by atoms with Gasteiger partial charge in [0.1, 0.15) is 5.60 Å². The standard InChI is InChI=1S/C17H23N3O3/c1-23-17(7-9-18-10-8-17)16(22)19-13-4-2-5-14(12-13)20-11-3-6-15(20)21/h2,4-5,12,18H,3,6-11H2,1H3,(H,19,22). The Morgan fingerprint density at radius 2 is 2.13 bits per heavy atom. The van der Waals surface area contributed by atoms with Crippen molar-refractivity contribution < 1.29 is 14.3 Å². The van der Waals surface area contributed by atoms with Gasteiger partial charge in [0.05, 0.1) is 0 Å². The van der Waals surface area contributed by atoms with Crippen molar-refractivity contribution in [2.75, 3.05) is 37.0 Å². The molecule has 6 nitrogen and oxygen atoms in total. The van der Waals surface area contributed by atoms with Gasteiger partial charge in [0.15, 0.2) is 0 Å². The lowest BCUT2D eigenvalue weighted by Crippen LogP contribution is -2.51. The van der Waals surface area contributed by atoms with Gasteiger partial charge in [-0.15, -0.1) is 0 Å². The zero-order chi connectivity index (χ0) is 16.3. The van der Waals surface area contributed by atoms with E-state index in [-0.39, 0.29) is 11.8 Å². The topological polar surface area (TPSA) is 70.7 Å². The molecule has 1 aromatic rings. The molecule has 0 unspecified atom stereocenters. The minimum Gasteiger partial charge on any atom is -0.368 e. The van der Waals surface area contributed by atoms with Gasteiger partial charge in [-0.25, -0.2) is 0 Å². The number of rotatable bonds is 4. The van der Waals surface area contributed by atoms with E-state index in [1.165, 1.54) is 0 Å². The number of carbonyl (C=O) groups excluding carboxylic acids is 2. The second kappa shape index (κ2) is 6.68. The number of nitrogens with zero attached hydrogens (tertiary/aromatic N) is 1. The quantitative estimate of drug-likeness (QED) is 0.883. The lowest BCUT2D eigenvalue weighted by Gasteiger charge is -2.34. The molecular formula is C17H23N3O3. The number of anilines is 2. The van der Waals surface area contributed by atoms with Gasteiger partial charge < -0.3 is 20.3 Å². The average Bonchev–Trinajstić information content (AvgIpc) is 3.01. The predicted octanol–water partition coefficient (Wildman–Crippen LogP) is 1.52. The summed E-state index contributed by atoms with van der Waals surface area (Å²) < 4.78 is 5.54. The van der Waals surface area contributed by atoms with E-state index in [1.807, 2.05) is 24.3 Å². The zero-order valence-corrected chi connectivity index (χ0v) is 13.4. The summed E-state index contributed by atoms with van der Waals surface area (Å²) in [7, 11) is 1.59. The number of ether oxygens (including phenoxy) is 1. The first kappa shape index (κ1) is 16.0. The van der Waals surface area contributed by atoms with Crippen LogP contribution in [-0.4, -0.2) is 44.2 Å². The van der Waals surface area contributed by atoms with E-state index in [2.05, 4.69) is 10.6 Å². The number of hydrogen-bond donors (Lipinski definition) is 2. The Labute approximate surface area is 136 Å². The predicted molar refractivity (Wildman–Crippen MR) is 88.5 cm³/mol. The second-order valence-corrected chi connectivity index (χ2v) is 6.10. The third-order valence-corrected chi connectivity index (χ3v) is 4.70. The van der Waals surface area contributed by atoms with E-state index in [4.69, 9.17) is 4.74 Å². The van der Waals surface area contributed by atoms with Crippen LogP contribution in [0.1, 0.15) is 25.7 Å². The summed E-state index contributed by atoms with van der Waals surface area (Å²) in [6.45, 7) is 2.27. The van der Waals surface area contributed by atoms with Gasteiger partial charge in [-0.3, -0.25) is 9.59 Å². The molecule has 0 aliphatic carbocycles. The third-order valence-electron chi connectivity index (χ3n) is 4.70. The molecule has 0 spiro atoms. The molecule has 0 saturated carbocycles. The highest BCUT2D eigenvalue weighted by Gasteiger charge is 2.39. The minimum absolute atomic E-state index is 0.119. The molecule has 2 fully saturated rings. The van der Waals surface area contributed by atoms with Crippen LogP contribution in [-0.2, 0) is 14.3 Å². The van der Waals surface area contributed by atoms with Gasteiger partial charge in [-0.05, 0) is 50.6 Å². The summed E-state index contributed by atoms with van der Waals surface area (Å²) in [5.74, 6) is 0.0200. The number of hydrogen-bond acceptors (Lipinski definition) is 4. The SMILES string of the molecule is COC1(C(=O)Nc2cccc(N3CCCC3=O)c2)CCNCC1. The molecule has 2 N–H and O–H groups in total. The first-order valence-electron chi connectivity index (χ1n) is 8.12. The number of carbonyl (C=O) groups is 2. The highest BCUT2D eigenvalue weighted by Crippen LogP contribution is 2.27. The van der Waals surface area contributed by atoms with Crippen LogP contribution < -0.4 is 15.5 Å². The van der Waals surface area contributed by atoms with Gasteiger partial charge >= 0.3 is 0 Å². The Morgan fingerprint density at radius 3 is 2.78 bits per heavy atom. The van der Waals surface area contributed by atoms with E-state index in [1.54, 1.807) is 12.0 Å². The number of nitrogens with one attached hydrogen (secondary N) is 2. The monoisotopic (exact) mass is 317 g/mol. The zero-order valence-electron chi connectivity index (χ0n) is 13.4. The summed E-state index contributed by atoms with van der Waals surface area (Å²) in [5.41, 5.74) is 0.759. The Balaban J connectivity index is 1.74. The maximum atomic E-state index is 12.7. The van der Waals surface area contributed by atoms with Crippen LogP contribution in [0.5, 0.6) is 0 Å². The molecule has 0 bridgehead atoms. The van der Waals surface area contributed by atoms with Crippen LogP contribution in [0.25, 0.3) is 0 Å². The molecule has 2 aliphatic heterocycles. The van der Waals surface area contributed by atoms with E-state index >= 15 is 0 Å². The van der Waals surface area contributed by atoms with Gasteiger partial charge in [0, 0.05) is 31.5 Å². The lowest BCUT2D eigenvalue weighted by molar-refractivity contribution is -0.140. The fraction of sp³-hybridized carbons (Fsp3) is 0.529. The van der Waals surface area contributed by atoms with Crippen molar-refractivity contribution in [3.63, 3.8) is 0 Å². The van der Waals surface area contributed by atoms with Crippen molar-refractivity contribution >= 4 is 23.2 Å². The fourth-order valence-electron chi connectivity index (χ4n) is 3.27. The Hall–Kier alpha value is -1.92. The van der Waals surface area contributed by atoms with Crippen LogP contribution in [0.4, 0.5) is 11.4 Å². The van der Waals surface area contributed by atoms with Crippen molar-refractivity contribution in [1.82, 2.24) is 5.32 Å². The molecule has 2 saturated heterocycles. The highest BCUT2D eigenvalue weighted by atomic mass is 16.5. The van der Waals surface area contributed by atoms with Crippen LogP contribution >= 0.6 is 0 Å². The summed E-state index contributed by atoms with van der Waals surface area (Å²) in [6.07, 6.45) is 2.78. The van der Waals surface area contributed by atoms with Crippen molar-refractivity contribution in [3.05, 3.63) is 24.3 Å². The van der Waals surface area contributed by atoms with E-state index < -0.39 is 5.60 Å². The largest absolute Gasteiger partial charge is 0.368 e. The average molecular weight is 317 g/mol. The van der Waals surface area contributed by atoms with Crippen molar-refractivity contribution in [3.8, 4) is 0 Å². The molecule has 6 heteroatoms. The number of benzene rings is 1. The molecule has 3 rings (SSSR count). The smallest absolute Gasteiger partial charge is 0.256 e. The molecule has 2 aliphatic rings. The fourth-order valence-corrected chi connectivity index (χ4v) is 3.27. The van der Waals surface area contributed by atoms with Gasteiger partial charge in [0.25, 0.3) is 5.91 Å². The molecule has 0 atom stereocenters. The molecule has 23 heavy (non-hydrogen) atoms. The highest BCUT2D eigenvalue weighted by molar-refractivity contribution is 5.99. The van der Waals surface area contributed by atoms with Crippen LogP contribution in [0, 0.1) is 0 Å². The van der Waals surface area contributed by atoms with E-state index in [0.717, 1.165) is 31.7 Å². The first-order chi connectivity index (χ1) is 11.1. The lowest BCUT2D eigenvalue weighted by atomic mass is 9.91. The molecular weight excluding hydrogens is 294 g/mol. The van der Waals surface area contributed by atoms with Gasteiger partial charge in [-0.1, -0.05) is 6.07 Å². The molecule has 124 valence electrons. The Morgan fingerprint density at radius 1 is 1.35 bits per heavy atom. The maximum Gasteiger partial charge on any atom is 0.256 e. The Kier molecular flexibility index (Phi) is 4.63. The molecule has 2 heterocycles. The summed E-state index contributed by atoms with van der Waals surface area (Å²) in [4.78, 5) is 26.3. The molecule has 1 aromatic carbocycles. The number of piperidine rings is 1. The maximum absolute atomic E-state index is 12.7. The summed E-state index contributed by atoms with van der Waals surface area (Å²) >= 11 is 0. The normalized spacial score (nSPS) is 20.6. The van der Waals surface area contributed by atoms with Crippen LogP contribution in [0.3, 0.4) is 0 Å². The molecule has 0 radical (unpaired) electrons. The minimum atomic E-state index is -0.773. The van der Waals surface area contributed by atoms with Gasteiger partial charge in [0.2, 0.25) is 5.91 Å². The Bertz CT molecular complexity index is 597. The van der Waals surface area contributed by atoms with Crippen LogP contribution in [0.15, 0.2) is 24.3 Å². The van der Waals surface area contributed by atoms with Crippen molar-refractivity contribution in [2.45, 2.75) is 31.3 Å². The summed E-state index contributed by atoms with van der Waals surface area (Å²) in [6, 6.07) is 7.45. The number of methoxy groups -OCH3 is 1. The number of amides is 2. The van der Waals surface area contributed by atoms with Crippen LogP contribution in [0.2, 0.25) is 0 Å². The molecule has 2 amide bonds. The van der Waals surface area contributed by atoms with E-state index in [0.29, 0.717) is 24.9 Å². The van der Waals surface area contributed by atoms with E-state index in [9.17, 15) is 9.59 Å².